The zero-order chi connectivity index (χ0) is 11.5. The van der Waals surface area contributed by atoms with Gasteiger partial charge < -0.3 is 5.01 Å². The highest BCUT2D eigenvalue weighted by Gasteiger charge is 2.26. The summed E-state index contributed by atoms with van der Waals surface area (Å²) in [6.07, 6.45) is 4.66. The molecular weight excluding hydrogens is 214 g/mol. The Bertz CT molecular complexity index is 307. The lowest BCUT2D eigenvalue weighted by Gasteiger charge is -2.36. The second kappa shape index (κ2) is 4.96. The van der Waals surface area contributed by atoms with Crippen LogP contribution >= 0.6 is 0 Å². The van der Waals surface area contributed by atoms with Crippen LogP contribution in [0, 0.1) is 0 Å². The lowest BCUT2D eigenvalue weighted by atomic mass is 10.1. The molecular formula is C9H19N3O2S. The molecule has 1 heterocycles. The van der Waals surface area contributed by atoms with E-state index in [-0.39, 0.29) is 0 Å². The van der Waals surface area contributed by atoms with Crippen LogP contribution in [0.15, 0.2) is 12.8 Å². The van der Waals surface area contributed by atoms with Crippen LogP contribution in [0.4, 0.5) is 0 Å². The predicted octanol–water partition coefficient (Wildman–Crippen LogP) is -0.00970. The molecule has 0 amide bonds. The van der Waals surface area contributed by atoms with Crippen LogP contribution in [-0.2, 0) is 10.0 Å². The van der Waals surface area contributed by atoms with Crippen molar-refractivity contribution in [1.29, 1.82) is 0 Å². The lowest BCUT2D eigenvalue weighted by Crippen LogP contribution is -2.48. The summed E-state index contributed by atoms with van der Waals surface area (Å²) >= 11 is 0. The summed E-state index contributed by atoms with van der Waals surface area (Å²) in [6, 6.07) is 0.338. The smallest absolute Gasteiger partial charge is 0.211 e. The summed E-state index contributed by atoms with van der Waals surface area (Å²) in [5, 5.41) is 1.93. The number of piperidine rings is 1. The maximum atomic E-state index is 11.3. The zero-order valence-corrected chi connectivity index (χ0v) is 10.1. The topological polar surface area (TPSA) is 52.6 Å². The summed E-state index contributed by atoms with van der Waals surface area (Å²) < 4.78 is 24.1. The Labute approximate surface area is 91.8 Å². The van der Waals surface area contributed by atoms with Crippen molar-refractivity contribution in [2.75, 3.05) is 26.4 Å². The monoisotopic (exact) mass is 233 g/mol. The molecule has 1 rings (SSSR count). The van der Waals surface area contributed by atoms with Crippen molar-refractivity contribution in [3.63, 3.8) is 0 Å². The van der Waals surface area contributed by atoms with E-state index in [1.54, 1.807) is 6.20 Å². The van der Waals surface area contributed by atoms with E-state index in [0.29, 0.717) is 19.1 Å². The van der Waals surface area contributed by atoms with Crippen LogP contribution < -0.4 is 5.43 Å². The van der Waals surface area contributed by atoms with Gasteiger partial charge in [0.1, 0.15) is 0 Å². The molecule has 1 aliphatic rings. The van der Waals surface area contributed by atoms with Crippen LogP contribution in [0.25, 0.3) is 0 Å². The minimum absolute atomic E-state index is 0.338. The van der Waals surface area contributed by atoms with Crippen LogP contribution in [0.2, 0.25) is 0 Å². The van der Waals surface area contributed by atoms with Crippen molar-refractivity contribution in [2.45, 2.75) is 18.9 Å². The minimum Gasteiger partial charge on any atom is -0.313 e. The second-order valence-electron chi connectivity index (χ2n) is 3.71. The van der Waals surface area contributed by atoms with E-state index in [0.717, 1.165) is 12.8 Å². The molecule has 0 unspecified atom stereocenters. The molecule has 0 spiro atoms. The first-order valence-corrected chi connectivity index (χ1v) is 6.87. The molecule has 15 heavy (non-hydrogen) atoms. The standard InChI is InChI=1S/C9H19N3O2S/c1-4-12(10-2)9-5-7-11(8-6-9)15(3,13)14/h4,9-10H,1,5-8H2,2-3H3. The molecule has 0 aliphatic carbocycles. The van der Waals surface area contributed by atoms with E-state index in [1.165, 1.54) is 10.6 Å². The third-order valence-corrected chi connectivity index (χ3v) is 4.04. The summed E-state index contributed by atoms with van der Waals surface area (Å²) in [5.41, 5.74) is 3.02. The Morgan fingerprint density at radius 2 is 2.00 bits per heavy atom. The molecule has 0 bridgehead atoms. The van der Waals surface area contributed by atoms with Gasteiger partial charge in [-0.05, 0) is 12.8 Å². The van der Waals surface area contributed by atoms with Crippen molar-refractivity contribution in [3.05, 3.63) is 12.8 Å². The first-order valence-electron chi connectivity index (χ1n) is 5.02. The Morgan fingerprint density at radius 1 is 1.47 bits per heavy atom. The molecule has 0 radical (unpaired) electrons. The average molecular weight is 233 g/mol. The average Bonchev–Trinajstić information content (AvgIpc) is 2.19. The van der Waals surface area contributed by atoms with Crippen molar-refractivity contribution in [1.82, 2.24) is 14.7 Å². The fourth-order valence-electron chi connectivity index (χ4n) is 1.87. The van der Waals surface area contributed by atoms with Gasteiger partial charge in [-0.1, -0.05) is 6.58 Å². The number of hydrogen-bond donors (Lipinski definition) is 1. The normalized spacial score (nSPS) is 20.1. The van der Waals surface area contributed by atoms with Crippen LogP contribution in [0.5, 0.6) is 0 Å². The van der Waals surface area contributed by atoms with Gasteiger partial charge in [0, 0.05) is 32.4 Å². The van der Waals surface area contributed by atoms with E-state index >= 15 is 0 Å². The molecule has 1 saturated heterocycles. The summed E-state index contributed by atoms with van der Waals surface area (Å²) in [5.74, 6) is 0. The van der Waals surface area contributed by atoms with Gasteiger partial charge in [0.05, 0.1) is 6.26 Å². The fourth-order valence-corrected chi connectivity index (χ4v) is 2.75. The highest BCUT2D eigenvalue weighted by atomic mass is 32.2. The van der Waals surface area contributed by atoms with Gasteiger partial charge in [-0.25, -0.2) is 18.1 Å². The molecule has 0 aromatic rings. The van der Waals surface area contributed by atoms with Gasteiger partial charge in [-0.3, -0.25) is 0 Å². The third kappa shape index (κ3) is 3.19. The number of hydrogen-bond acceptors (Lipinski definition) is 4. The van der Waals surface area contributed by atoms with Crippen LogP contribution in [-0.4, -0.2) is 50.2 Å². The molecule has 0 saturated carbocycles. The molecule has 1 aliphatic heterocycles. The van der Waals surface area contributed by atoms with Crippen molar-refractivity contribution in [2.24, 2.45) is 0 Å². The molecule has 1 N–H and O–H groups in total. The number of sulfonamides is 1. The minimum atomic E-state index is -3.02. The van der Waals surface area contributed by atoms with Crippen molar-refractivity contribution in [3.8, 4) is 0 Å². The SMILES string of the molecule is C=CN(NC)C1CCN(S(C)(=O)=O)CC1. The molecule has 0 aromatic carbocycles. The van der Waals surface area contributed by atoms with Gasteiger partial charge in [-0.15, -0.1) is 0 Å². The van der Waals surface area contributed by atoms with Crippen LogP contribution in [0.1, 0.15) is 12.8 Å². The molecule has 0 aromatic heterocycles. The predicted molar refractivity (Wildman–Crippen MR) is 60.5 cm³/mol. The Hall–Kier alpha value is -0.590. The molecule has 88 valence electrons. The highest BCUT2D eigenvalue weighted by molar-refractivity contribution is 7.88. The van der Waals surface area contributed by atoms with Gasteiger partial charge in [0.15, 0.2) is 0 Å². The first kappa shape index (κ1) is 12.5. The summed E-state index contributed by atoms with van der Waals surface area (Å²) in [6.45, 7) is 4.89. The number of nitrogens with one attached hydrogen (secondary N) is 1. The van der Waals surface area contributed by atoms with Gasteiger partial charge in [0.2, 0.25) is 10.0 Å². The largest absolute Gasteiger partial charge is 0.313 e. The summed E-state index contributed by atoms with van der Waals surface area (Å²) in [7, 11) is -1.18. The molecule has 0 atom stereocenters. The Balaban J connectivity index is 2.52. The maximum absolute atomic E-state index is 11.3. The van der Waals surface area contributed by atoms with Gasteiger partial charge in [-0.2, -0.15) is 0 Å². The fraction of sp³-hybridized carbons (Fsp3) is 0.778. The van der Waals surface area contributed by atoms with E-state index in [1.807, 2.05) is 12.1 Å². The third-order valence-electron chi connectivity index (χ3n) is 2.74. The lowest BCUT2D eigenvalue weighted by molar-refractivity contribution is 0.151. The Morgan fingerprint density at radius 3 is 2.33 bits per heavy atom. The molecule has 5 nitrogen and oxygen atoms in total. The first-order chi connectivity index (χ1) is 6.99. The van der Waals surface area contributed by atoms with E-state index < -0.39 is 10.0 Å². The molecule has 1 fully saturated rings. The quantitative estimate of drug-likeness (QED) is 0.694. The summed E-state index contributed by atoms with van der Waals surface area (Å²) in [4.78, 5) is 0. The van der Waals surface area contributed by atoms with E-state index in [4.69, 9.17) is 0 Å². The van der Waals surface area contributed by atoms with E-state index in [9.17, 15) is 8.42 Å². The second-order valence-corrected chi connectivity index (χ2v) is 5.69. The number of hydrazine groups is 1. The maximum Gasteiger partial charge on any atom is 0.211 e. The van der Waals surface area contributed by atoms with Gasteiger partial charge in [0.25, 0.3) is 0 Å². The zero-order valence-electron chi connectivity index (χ0n) is 9.31. The number of nitrogens with zero attached hydrogens (tertiary/aromatic N) is 2. The molecule has 6 heteroatoms. The van der Waals surface area contributed by atoms with Gasteiger partial charge >= 0.3 is 0 Å². The number of rotatable bonds is 4. The highest BCUT2D eigenvalue weighted by Crippen LogP contribution is 2.16. The van der Waals surface area contributed by atoms with Crippen molar-refractivity contribution >= 4 is 10.0 Å². The Kier molecular flexibility index (Phi) is 4.12. The van der Waals surface area contributed by atoms with Crippen LogP contribution in [0.3, 0.4) is 0 Å². The van der Waals surface area contributed by atoms with E-state index in [2.05, 4.69) is 12.0 Å². The van der Waals surface area contributed by atoms with Crippen molar-refractivity contribution < 1.29 is 8.42 Å².